The predicted octanol–water partition coefficient (Wildman–Crippen LogP) is 4.00. The highest BCUT2D eigenvalue weighted by atomic mass is 32.1. The molecule has 108 valence electrons. The second-order valence-corrected chi connectivity index (χ2v) is 6.13. The van der Waals surface area contributed by atoms with Crippen LogP contribution in [0.15, 0.2) is 35.8 Å². The summed E-state index contributed by atoms with van der Waals surface area (Å²) < 4.78 is 1.11. The van der Waals surface area contributed by atoms with Gasteiger partial charge in [0.25, 0.3) is 0 Å². The molecule has 3 aromatic rings. The molecule has 0 saturated heterocycles. The lowest BCUT2D eigenvalue weighted by molar-refractivity contribution is 1.11. The summed E-state index contributed by atoms with van der Waals surface area (Å²) in [6.07, 6.45) is 0. The number of aromatic nitrogens is 1. The lowest BCUT2D eigenvalue weighted by atomic mass is 10.1. The van der Waals surface area contributed by atoms with Crippen molar-refractivity contribution in [3.8, 4) is 0 Å². The number of rotatable bonds is 3. The highest BCUT2D eigenvalue weighted by Crippen LogP contribution is 2.33. The first-order chi connectivity index (χ1) is 10.1. The van der Waals surface area contributed by atoms with Crippen LogP contribution in [-0.4, -0.2) is 19.1 Å². The Morgan fingerprint density at radius 1 is 1.19 bits per heavy atom. The SMILES string of the molecule is Cc1ccc(Nc2ccc3scnc3c2N)cc1N(C)C. The molecule has 0 aliphatic heterocycles. The molecule has 2 aromatic carbocycles. The van der Waals surface area contributed by atoms with Gasteiger partial charge in [-0.2, -0.15) is 0 Å². The number of benzene rings is 2. The van der Waals surface area contributed by atoms with Crippen molar-refractivity contribution in [2.75, 3.05) is 30.0 Å². The van der Waals surface area contributed by atoms with Crippen molar-refractivity contribution in [2.45, 2.75) is 6.92 Å². The summed E-state index contributed by atoms with van der Waals surface area (Å²) in [5.74, 6) is 0. The number of nitrogens with one attached hydrogen (secondary N) is 1. The van der Waals surface area contributed by atoms with E-state index in [-0.39, 0.29) is 0 Å². The Bertz CT molecular complexity index is 792. The highest BCUT2D eigenvalue weighted by Gasteiger charge is 2.08. The lowest BCUT2D eigenvalue weighted by Gasteiger charge is -2.18. The van der Waals surface area contributed by atoms with Gasteiger partial charge in [0.05, 0.1) is 21.6 Å². The molecule has 1 heterocycles. The minimum Gasteiger partial charge on any atom is -0.395 e. The van der Waals surface area contributed by atoms with Gasteiger partial charge in [-0.05, 0) is 36.8 Å². The van der Waals surface area contributed by atoms with Crippen molar-refractivity contribution in [3.63, 3.8) is 0 Å². The summed E-state index contributed by atoms with van der Waals surface area (Å²) in [5.41, 5.74) is 13.9. The Balaban J connectivity index is 1.98. The average molecular weight is 298 g/mol. The molecule has 3 N–H and O–H groups in total. The monoisotopic (exact) mass is 298 g/mol. The first-order valence-electron chi connectivity index (χ1n) is 6.73. The van der Waals surface area contributed by atoms with Gasteiger partial charge >= 0.3 is 0 Å². The van der Waals surface area contributed by atoms with E-state index < -0.39 is 0 Å². The van der Waals surface area contributed by atoms with Crippen molar-refractivity contribution in [1.82, 2.24) is 4.98 Å². The van der Waals surface area contributed by atoms with E-state index in [1.54, 1.807) is 11.3 Å². The molecular weight excluding hydrogens is 280 g/mol. The molecule has 3 rings (SSSR count). The zero-order valence-electron chi connectivity index (χ0n) is 12.3. The molecule has 0 amide bonds. The normalized spacial score (nSPS) is 10.8. The van der Waals surface area contributed by atoms with Crippen molar-refractivity contribution >= 4 is 44.3 Å². The third kappa shape index (κ3) is 2.52. The third-order valence-corrected chi connectivity index (χ3v) is 4.31. The number of hydrogen-bond donors (Lipinski definition) is 2. The van der Waals surface area contributed by atoms with Crippen LogP contribution in [0.2, 0.25) is 0 Å². The Morgan fingerprint density at radius 2 is 2.00 bits per heavy atom. The van der Waals surface area contributed by atoms with Crippen LogP contribution in [0.3, 0.4) is 0 Å². The van der Waals surface area contributed by atoms with Gasteiger partial charge in [0.2, 0.25) is 0 Å². The summed E-state index contributed by atoms with van der Waals surface area (Å²) in [5, 5.41) is 3.39. The maximum Gasteiger partial charge on any atom is 0.106 e. The standard InChI is InChI=1S/C16H18N4S/c1-10-4-5-11(8-13(10)20(2)3)19-12-6-7-14-16(15(12)17)18-9-21-14/h4-9,19H,17H2,1-3H3. The number of aryl methyl sites for hydroxylation is 1. The van der Waals surface area contributed by atoms with E-state index in [1.165, 1.54) is 11.3 Å². The first kappa shape index (κ1) is 13.7. The molecule has 21 heavy (non-hydrogen) atoms. The van der Waals surface area contributed by atoms with Gasteiger partial charge < -0.3 is 16.0 Å². The summed E-state index contributed by atoms with van der Waals surface area (Å²) >= 11 is 1.60. The zero-order chi connectivity index (χ0) is 15.0. The fourth-order valence-corrected chi connectivity index (χ4v) is 3.08. The quantitative estimate of drug-likeness (QED) is 0.718. The van der Waals surface area contributed by atoms with Gasteiger partial charge in [-0.1, -0.05) is 6.07 Å². The minimum absolute atomic E-state index is 0.695. The highest BCUT2D eigenvalue weighted by molar-refractivity contribution is 7.16. The van der Waals surface area contributed by atoms with Crippen LogP contribution in [0.4, 0.5) is 22.7 Å². The van der Waals surface area contributed by atoms with Crippen molar-refractivity contribution in [2.24, 2.45) is 0 Å². The van der Waals surface area contributed by atoms with E-state index in [0.29, 0.717) is 5.69 Å². The number of thiazole rings is 1. The molecule has 1 aromatic heterocycles. The molecule has 0 spiro atoms. The molecule has 4 nitrogen and oxygen atoms in total. The van der Waals surface area contributed by atoms with E-state index in [2.05, 4.69) is 40.3 Å². The van der Waals surface area contributed by atoms with Gasteiger partial charge in [0, 0.05) is 25.5 Å². The lowest BCUT2D eigenvalue weighted by Crippen LogP contribution is -2.10. The molecule has 0 radical (unpaired) electrons. The van der Waals surface area contributed by atoms with Crippen LogP contribution >= 0.6 is 11.3 Å². The Morgan fingerprint density at radius 3 is 2.76 bits per heavy atom. The van der Waals surface area contributed by atoms with Gasteiger partial charge in [-0.3, -0.25) is 0 Å². The second kappa shape index (κ2) is 5.26. The Kier molecular flexibility index (Phi) is 3.43. The number of fused-ring (bicyclic) bond motifs is 1. The maximum absolute atomic E-state index is 6.21. The van der Waals surface area contributed by atoms with Gasteiger partial charge in [0.1, 0.15) is 5.52 Å². The zero-order valence-corrected chi connectivity index (χ0v) is 13.2. The molecular formula is C16H18N4S. The fourth-order valence-electron chi connectivity index (χ4n) is 2.39. The number of nitrogen functional groups attached to an aromatic ring is 1. The third-order valence-electron chi connectivity index (χ3n) is 3.51. The van der Waals surface area contributed by atoms with E-state index in [9.17, 15) is 0 Å². The maximum atomic E-state index is 6.21. The largest absolute Gasteiger partial charge is 0.395 e. The van der Waals surface area contributed by atoms with Crippen LogP contribution in [0.1, 0.15) is 5.56 Å². The van der Waals surface area contributed by atoms with Crippen LogP contribution in [0.25, 0.3) is 10.2 Å². The predicted molar refractivity (Wildman–Crippen MR) is 92.8 cm³/mol. The van der Waals surface area contributed by atoms with Crippen molar-refractivity contribution in [1.29, 1.82) is 0 Å². The first-order valence-corrected chi connectivity index (χ1v) is 7.61. The molecule has 0 aliphatic carbocycles. The summed E-state index contributed by atoms with van der Waals surface area (Å²) in [4.78, 5) is 6.43. The van der Waals surface area contributed by atoms with E-state index in [4.69, 9.17) is 5.73 Å². The summed E-state index contributed by atoms with van der Waals surface area (Å²) in [6.45, 7) is 2.11. The summed E-state index contributed by atoms with van der Waals surface area (Å²) in [7, 11) is 4.09. The minimum atomic E-state index is 0.695. The van der Waals surface area contributed by atoms with Crippen molar-refractivity contribution < 1.29 is 0 Å². The molecule has 0 atom stereocenters. The smallest absolute Gasteiger partial charge is 0.106 e. The number of anilines is 4. The van der Waals surface area contributed by atoms with E-state index in [0.717, 1.165) is 21.6 Å². The topological polar surface area (TPSA) is 54.2 Å². The fraction of sp³-hybridized carbons (Fsp3) is 0.188. The Hall–Kier alpha value is -2.27. The number of hydrogen-bond acceptors (Lipinski definition) is 5. The number of nitrogens with zero attached hydrogens (tertiary/aromatic N) is 2. The van der Waals surface area contributed by atoms with Crippen molar-refractivity contribution in [3.05, 3.63) is 41.4 Å². The molecule has 0 fully saturated rings. The van der Waals surface area contributed by atoms with E-state index in [1.807, 2.05) is 31.7 Å². The second-order valence-electron chi connectivity index (χ2n) is 5.25. The average Bonchev–Trinajstić information content (AvgIpc) is 2.93. The van der Waals surface area contributed by atoms with E-state index >= 15 is 0 Å². The van der Waals surface area contributed by atoms with Crippen LogP contribution in [0, 0.1) is 6.92 Å². The van der Waals surface area contributed by atoms with Crippen LogP contribution in [0.5, 0.6) is 0 Å². The van der Waals surface area contributed by atoms with Crippen LogP contribution < -0.4 is 16.0 Å². The Labute approximate surface area is 128 Å². The molecule has 0 unspecified atom stereocenters. The summed E-state index contributed by atoms with van der Waals surface area (Å²) in [6, 6.07) is 10.3. The van der Waals surface area contributed by atoms with Gasteiger partial charge in [-0.25, -0.2) is 4.98 Å². The van der Waals surface area contributed by atoms with Gasteiger partial charge in [-0.15, -0.1) is 11.3 Å². The van der Waals surface area contributed by atoms with Gasteiger partial charge in [0.15, 0.2) is 0 Å². The molecule has 0 aliphatic rings. The molecule has 5 heteroatoms. The molecule has 0 saturated carbocycles. The molecule has 0 bridgehead atoms. The number of nitrogens with two attached hydrogens (primary N) is 1. The van der Waals surface area contributed by atoms with Crippen LogP contribution in [-0.2, 0) is 0 Å².